The summed E-state index contributed by atoms with van der Waals surface area (Å²) >= 11 is 4.94. The van der Waals surface area contributed by atoms with E-state index >= 15 is 0 Å². The average Bonchev–Trinajstić information content (AvgIpc) is 2.57. The molecule has 0 bridgehead atoms. The van der Waals surface area contributed by atoms with Gasteiger partial charge in [0, 0.05) is 14.9 Å². The molecule has 1 aromatic heterocycles. The molecule has 0 fully saturated rings. The Balaban J connectivity index is 2.43. The summed E-state index contributed by atoms with van der Waals surface area (Å²) in [6.07, 6.45) is 0. The van der Waals surface area contributed by atoms with E-state index in [1.54, 1.807) is 11.3 Å². The van der Waals surface area contributed by atoms with Crippen LogP contribution in [0.4, 0.5) is 0 Å². The summed E-state index contributed by atoms with van der Waals surface area (Å²) in [5.41, 5.74) is 1.80. The van der Waals surface area contributed by atoms with Gasteiger partial charge in [-0.05, 0) is 37.6 Å². The van der Waals surface area contributed by atoms with Gasteiger partial charge in [-0.1, -0.05) is 28.1 Å². The summed E-state index contributed by atoms with van der Waals surface area (Å²) in [5.74, 6) is 0.108. The summed E-state index contributed by atoms with van der Waals surface area (Å²) in [7, 11) is 0. The molecular weight excluding hydrogens is 284 g/mol. The molecule has 2 aromatic rings. The SMILES string of the molecule is Cc1cc(C)c(C(=O)c2cccc(Br)c2)s1. The van der Waals surface area contributed by atoms with E-state index in [9.17, 15) is 4.79 Å². The fraction of sp³-hybridized carbons (Fsp3) is 0.154. The number of benzene rings is 1. The molecule has 0 saturated carbocycles. The lowest BCUT2D eigenvalue weighted by molar-refractivity contribution is 0.104. The number of rotatable bonds is 2. The van der Waals surface area contributed by atoms with Crippen LogP contribution >= 0.6 is 27.3 Å². The molecule has 0 aliphatic carbocycles. The molecule has 1 heterocycles. The van der Waals surface area contributed by atoms with E-state index in [4.69, 9.17) is 0 Å². The zero-order chi connectivity index (χ0) is 11.7. The molecule has 16 heavy (non-hydrogen) atoms. The molecule has 0 radical (unpaired) electrons. The lowest BCUT2D eigenvalue weighted by Crippen LogP contribution is -1.99. The molecule has 0 atom stereocenters. The first kappa shape index (κ1) is 11.6. The number of aryl methyl sites for hydroxylation is 2. The van der Waals surface area contributed by atoms with Gasteiger partial charge in [-0.15, -0.1) is 11.3 Å². The fourth-order valence-corrected chi connectivity index (χ4v) is 3.02. The lowest BCUT2D eigenvalue weighted by Gasteiger charge is -2.00. The quantitative estimate of drug-likeness (QED) is 0.752. The third-order valence-corrected chi connectivity index (χ3v) is 3.98. The van der Waals surface area contributed by atoms with Gasteiger partial charge in [-0.2, -0.15) is 0 Å². The molecule has 0 aliphatic rings. The summed E-state index contributed by atoms with van der Waals surface area (Å²) < 4.78 is 0.935. The molecule has 0 spiro atoms. The van der Waals surface area contributed by atoms with Crippen molar-refractivity contribution in [2.75, 3.05) is 0 Å². The number of ketones is 1. The maximum atomic E-state index is 12.2. The van der Waals surface area contributed by atoms with Crippen LogP contribution in [0.2, 0.25) is 0 Å². The molecule has 0 unspecified atom stereocenters. The van der Waals surface area contributed by atoms with Gasteiger partial charge in [0.15, 0.2) is 0 Å². The van der Waals surface area contributed by atoms with Crippen molar-refractivity contribution in [2.24, 2.45) is 0 Å². The fourth-order valence-electron chi connectivity index (χ4n) is 1.63. The molecule has 0 saturated heterocycles. The summed E-state index contributed by atoms with van der Waals surface area (Å²) in [5, 5.41) is 0. The molecule has 82 valence electrons. The predicted octanol–water partition coefficient (Wildman–Crippen LogP) is 4.36. The van der Waals surface area contributed by atoms with Gasteiger partial charge >= 0.3 is 0 Å². The van der Waals surface area contributed by atoms with Crippen LogP contribution < -0.4 is 0 Å². The smallest absolute Gasteiger partial charge is 0.203 e. The molecule has 0 aliphatic heterocycles. The largest absolute Gasteiger partial charge is 0.288 e. The highest BCUT2D eigenvalue weighted by Crippen LogP contribution is 2.24. The average molecular weight is 295 g/mol. The van der Waals surface area contributed by atoms with Gasteiger partial charge in [0.2, 0.25) is 5.78 Å². The van der Waals surface area contributed by atoms with Gasteiger partial charge in [0.05, 0.1) is 4.88 Å². The minimum atomic E-state index is 0.108. The van der Waals surface area contributed by atoms with Crippen molar-refractivity contribution in [3.8, 4) is 0 Å². The molecule has 3 heteroatoms. The highest BCUT2D eigenvalue weighted by Gasteiger charge is 2.14. The van der Waals surface area contributed by atoms with Crippen molar-refractivity contribution in [1.29, 1.82) is 0 Å². The van der Waals surface area contributed by atoms with E-state index in [2.05, 4.69) is 22.0 Å². The van der Waals surface area contributed by atoms with Gasteiger partial charge < -0.3 is 0 Å². The Labute approximate surface area is 107 Å². The number of thiophene rings is 1. The van der Waals surface area contributed by atoms with E-state index in [-0.39, 0.29) is 5.78 Å². The molecule has 1 nitrogen and oxygen atoms in total. The van der Waals surface area contributed by atoms with Crippen molar-refractivity contribution >= 4 is 33.0 Å². The number of carbonyl (C=O) groups excluding carboxylic acids is 1. The van der Waals surface area contributed by atoms with Crippen LogP contribution in [0.5, 0.6) is 0 Å². The number of hydrogen-bond acceptors (Lipinski definition) is 2. The van der Waals surface area contributed by atoms with Crippen molar-refractivity contribution in [2.45, 2.75) is 13.8 Å². The van der Waals surface area contributed by atoms with Crippen molar-refractivity contribution in [3.63, 3.8) is 0 Å². The Morgan fingerprint density at radius 1 is 1.25 bits per heavy atom. The summed E-state index contributed by atoms with van der Waals surface area (Å²) in [4.78, 5) is 14.2. The van der Waals surface area contributed by atoms with Crippen molar-refractivity contribution in [1.82, 2.24) is 0 Å². The standard InChI is InChI=1S/C13H11BrOS/c1-8-6-9(2)16-13(8)12(15)10-4-3-5-11(14)7-10/h3-7H,1-2H3. The van der Waals surface area contributed by atoms with Gasteiger partial charge in [-0.3, -0.25) is 4.79 Å². The molecule has 0 N–H and O–H groups in total. The minimum Gasteiger partial charge on any atom is -0.288 e. The Morgan fingerprint density at radius 3 is 2.56 bits per heavy atom. The first-order valence-corrected chi connectivity index (χ1v) is 6.56. The van der Waals surface area contributed by atoms with Crippen LogP contribution in [0.1, 0.15) is 25.7 Å². The first-order chi connectivity index (χ1) is 7.58. The van der Waals surface area contributed by atoms with E-state index in [1.807, 2.05) is 38.1 Å². The maximum absolute atomic E-state index is 12.2. The van der Waals surface area contributed by atoms with E-state index in [0.29, 0.717) is 0 Å². The second-order valence-electron chi connectivity index (χ2n) is 3.71. The van der Waals surface area contributed by atoms with Crippen LogP contribution in [0.15, 0.2) is 34.8 Å². The second kappa shape index (κ2) is 4.52. The first-order valence-electron chi connectivity index (χ1n) is 4.95. The van der Waals surface area contributed by atoms with E-state index < -0.39 is 0 Å². The molecule has 1 aromatic carbocycles. The van der Waals surface area contributed by atoms with E-state index in [0.717, 1.165) is 20.5 Å². The van der Waals surface area contributed by atoms with Crippen LogP contribution in [0.3, 0.4) is 0 Å². The van der Waals surface area contributed by atoms with Crippen LogP contribution in [-0.4, -0.2) is 5.78 Å². The summed E-state index contributed by atoms with van der Waals surface area (Å²) in [6, 6.07) is 9.56. The number of hydrogen-bond donors (Lipinski definition) is 0. The topological polar surface area (TPSA) is 17.1 Å². The Bertz CT molecular complexity index is 543. The molecule has 0 amide bonds. The number of halogens is 1. The minimum absolute atomic E-state index is 0.108. The zero-order valence-corrected chi connectivity index (χ0v) is 11.5. The summed E-state index contributed by atoms with van der Waals surface area (Å²) in [6.45, 7) is 4.00. The predicted molar refractivity (Wildman–Crippen MR) is 71.4 cm³/mol. The van der Waals surface area contributed by atoms with Crippen LogP contribution in [0.25, 0.3) is 0 Å². The maximum Gasteiger partial charge on any atom is 0.203 e. The normalized spacial score (nSPS) is 10.4. The molecular formula is C13H11BrOS. The lowest BCUT2D eigenvalue weighted by atomic mass is 10.1. The zero-order valence-electron chi connectivity index (χ0n) is 9.08. The number of carbonyl (C=O) groups is 1. The Morgan fingerprint density at radius 2 is 2.00 bits per heavy atom. The van der Waals surface area contributed by atoms with E-state index in [1.165, 1.54) is 4.88 Å². The van der Waals surface area contributed by atoms with Gasteiger partial charge in [0.25, 0.3) is 0 Å². The Hall–Kier alpha value is -0.930. The van der Waals surface area contributed by atoms with Crippen LogP contribution in [-0.2, 0) is 0 Å². The van der Waals surface area contributed by atoms with Crippen LogP contribution in [0, 0.1) is 13.8 Å². The monoisotopic (exact) mass is 294 g/mol. The second-order valence-corrected chi connectivity index (χ2v) is 5.88. The van der Waals surface area contributed by atoms with Gasteiger partial charge in [0.1, 0.15) is 0 Å². The third kappa shape index (κ3) is 2.25. The third-order valence-electron chi connectivity index (χ3n) is 2.33. The molecule has 2 rings (SSSR count). The highest BCUT2D eigenvalue weighted by atomic mass is 79.9. The Kier molecular flexibility index (Phi) is 3.26. The highest BCUT2D eigenvalue weighted by molar-refractivity contribution is 9.10. The van der Waals surface area contributed by atoms with Gasteiger partial charge in [-0.25, -0.2) is 0 Å². The van der Waals surface area contributed by atoms with Crippen molar-refractivity contribution in [3.05, 3.63) is 55.7 Å². The van der Waals surface area contributed by atoms with Crippen molar-refractivity contribution < 1.29 is 4.79 Å².